The van der Waals surface area contributed by atoms with Crippen LogP contribution in [-0.4, -0.2) is 24.1 Å². The average Bonchev–Trinajstić information content (AvgIpc) is 3.00. The first-order valence-electron chi connectivity index (χ1n) is 9.50. The van der Waals surface area contributed by atoms with Crippen molar-refractivity contribution in [3.63, 3.8) is 0 Å². The maximum Gasteiger partial charge on any atom is 0.338 e. The van der Waals surface area contributed by atoms with Crippen molar-refractivity contribution in [1.29, 1.82) is 0 Å². The molecule has 4 heteroatoms. The monoisotopic (exact) mass is 366 g/mol. The van der Waals surface area contributed by atoms with E-state index in [1.165, 1.54) is 0 Å². The molecule has 4 nitrogen and oxygen atoms in total. The third-order valence-electron chi connectivity index (χ3n) is 5.61. The van der Waals surface area contributed by atoms with Gasteiger partial charge in [0.2, 0.25) is 0 Å². The lowest BCUT2D eigenvalue weighted by atomic mass is 9.70. The molecule has 0 spiro atoms. The van der Waals surface area contributed by atoms with Gasteiger partial charge in [-0.2, -0.15) is 0 Å². The zero-order chi connectivity index (χ0) is 19.3. The third-order valence-corrected chi connectivity index (χ3v) is 5.61. The quantitative estimate of drug-likeness (QED) is 0.702. The van der Waals surface area contributed by atoms with Crippen LogP contribution in [0.15, 0.2) is 60.7 Å². The third kappa shape index (κ3) is 3.75. The number of hydrogen-bond acceptors (Lipinski definition) is 4. The molecule has 2 aromatic carbocycles. The summed E-state index contributed by atoms with van der Waals surface area (Å²) in [6.07, 6.45) is 2.58. The summed E-state index contributed by atoms with van der Waals surface area (Å²) >= 11 is 0. The SMILES string of the molecule is CCOC(=O)C1(Cc2ccccc2)CCCC1(C)OC(=O)c1ccccc1. The van der Waals surface area contributed by atoms with Gasteiger partial charge in [0, 0.05) is 0 Å². The Hall–Kier alpha value is -2.62. The molecule has 0 aromatic heterocycles. The molecule has 2 unspecified atom stereocenters. The zero-order valence-corrected chi connectivity index (χ0v) is 15.9. The number of esters is 2. The van der Waals surface area contributed by atoms with E-state index in [1.807, 2.05) is 43.3 Å². The number of carbonyl (C=O) groups excluding carboxylic acids is 2. The normalized spacial score (nSPS) is 24.4. The minimum absolute atomic E-state index is 0.283. The lowest BCUT2D eigenvalue weighted by Gasteiger charge is -2.41. The second-order valence-corrected chi connectivity index (χ2v) is 7.30. The van der Waals surface area contributed by atoms with Gasteiger partial charge in [0.25, 0.3) is 0 Å². The molecule has 1 aliphatic carbocycles. The molecule has 0 aliphatic heterocycles. The number of ether oxygens (including phenoxy) is 2. The van der Waals surface area contributed by atoms with Crippen LogP contribution >= 0.6 is 0 Å². The molecule has 1 fully saturated rings. The molecule has 0 amide bonds. The van der Waals surface area contributed by atoms with E-state index in [4.69, 9.17) is 9.47 Å². The Morgan fingerprint density at radius 3 is 2.22 bits per heavy atom. The molecule has 1 aliphatic rings. The van der Waals surface area contributed by atoms with E-state index in [-0.39, 0.29) is 5.97 Å². The molecule has 3 rings (SSSR count). The summed E-state index contributed by atoms with van der Waals surface area (Å²) in [4.78, 5) is 25.8. The fraction of sp³-hybridized carbons (Fsp3) is 0.391. The van der Waals surface area contributed by atoms with Crippen LogP contribution < -0.4 is 0 Å². The Bertz CT molecular complexity index is 787. The van der Waals surface area contributed by atoms with Gasteiger partial charge in [-0.05, 0) is 57.2 Å². The fourth-order valence-corrected chi connectivity index (χ4v) is 4.10. The van der Waals surface area contributed by atoms with Crippen molar-refractivity contribution in [3.05, 3.63) is 71.8 Å². The molecule has 0 radical (unpaired) electrons. The van der Waals surface area contributed by atoms with Crippen molar-refractivity contribution in [2.24, 2.45) is 5.41 Å². The summed E-state index contributed by atoms with van der Waals surface area (Å²) in [5.74, 6) is -0.684. The highest BCUT2D eigenvalue weighted by Crippen LogP contribution is 2.52. The Morgan fingerprint density at radius 1 is 0.963 bits per heavy atom. The molecular weight excluding hydrogens is 340 g/mol. The van der Waals surface area contributed by atoms with Crippen molar-refractivity contribution < 1.29 is 19.1 Å². The molecule has 1 saturated carbocycles. The topological polar surface area (TPSA) is 52.6 Å². The highest BCUT2D eigenvalue weighted by Gasteiger charge is 2.60. The van der Waals surface area contributed by atoms with Gasteiger partial charge in [-0.15, -0.1) is 0 Å². The minimum Gasteiger partial charge on any atom is -0.465 e. The second kappa shape index (κ2) is 7.95. The predicted octanol–water partition coefficient (Wildman–Crippen LogP) is 4.58. The van der Waals surface area contributed by atoms with Gasteiger partial charge >= 0.3 is 11.9 Å². The van der Waals surface area contributed by atoms with Crippen molar-refractivity contribution >= 4 is 11.9 Å². The van der Waals surface area contributed by atoms with Gasteiger partial charge in [0.05, 0.1) is 12.2 Å². The van der Waals surface area contributed by atoms with E-state index >= 15 is 0 Å². The summed E-state index contributed by atoms with van der Waals surface area (Å²) in [6.45, 7) is 3.98. The Morgan fingerprint density at radius 2 is 1.59 bits per heavy atom. The van der Waals surface area contributed by atoms with E-state index in [0.29, 0.717) is 31.4 Å². The van der Waals surface area contributed by atoms with E-state index < -0.39 is 17.0 Å². The van der Waals surface area contributed by atoms with Gasteiger partial charge in [-0.1, -0.05) is 48.5 Å². The van der Waals surface area contributed by atoms with Crippen LogP contribution in [0.2, 0.25) is 0 Å². The van der Waals surface area contributed by atoms with E-state index in [9.17, 15) is 9.59 Å². The van der Waals surface area contributed by atoms with Crippen LogP contribution in [0.3, 0.4) is 0 Å². The van der Waals surface area contributed by atoms with Crippen LogP contribution in [0.4, 0.5) is 0 Å². The van der Waals surface area contributed by atoms with Crippen molar-refractivity contribution in [1.82, 2.24) is 0 Å². The van der Waals surface area contributed by atoms with Crippen molar-refractivity contribution in [3.8, 4) is 0 Å². The van der Waals surface area contributed by atoms with Gasteiger partial charge in [-0.3, -0.25) is 4.79 Å². The zero-order valence-electron chi connectivity index (χ0n) is 15.9. The molecule has 27 heavy (non-hydrogen) atoms. The summed E-state index contributed by atoms with van der Waals surface area (Å²) in [5, 5.41) is 0. The first kappa shape index (κ1) is 19.2. The summed E-state index contributed by atoms with van der Waals surface area (Å²) in [6, 6.07) is 18.8. The maximum absolute atomic E-state index is 13.1. The standard InChI is InChI=1S/C23H26O4/c1-3-26-21(25)23(17-18-11-6-4-7-12-18)16-10-15-22(23,2)27-20(24)19-13-8-5-9-14-19/h4-9,11-14H,3,10,15-17H2,1-2H3. The number of benzene rings is 2. The van der Waals surface area contributed by atoms with E-state index in [0.717, 1.165) is 12.0 Å². The van der Waals surface area contributed by atoms with Crippen molar-refractivity contribution in [2.45, 2.75) is 45.1 Å². The number of hydrogen-bond donors (Lipinski definition) is 0. The van der Waals surface area contributed by atoms with E-state index in [1.54, 1.807) is 31.2 Å². The lowest BCUT2D eigenvalue weighted by molar-refractivity contribution is -0.169. The maximum atomic E-state index is 13.1. The number of carbonyl (C=O) groups is 2. The molecule has 0 saturated heterocycles. The summed E-state index contributed by atoms with van der Waals surface area (Å²) in [7, 11) is 0. The molecule has 0 N–H and O–H groups in total. The van der Waals surface area contributed by atoms with Gasteiger partial charge in [0.1, 0.15) is 11.0 Å². The van der Waals surface area contributed by atoms with Crippen LogP contribution in [-0.2, 0) is 20.7 Å². The minimum atomic E-state index is -0.915. The molecular formula is C23H26O4. The van der Waals surface area contributed by atoms with Gasteiger partial charge < -0.3 is 9.47 Å². The van der Waals surface area contributed by atoms with Crippen LogP contribution in [0, 0.1) is 5.41 Å². The smallest absolute Gasteiger partial charge is 0.338 e. The average molecular weight is 366 g/mol. The van der Waals surface area contributed by atoms with Crippen LogP contribution in [0.5, 0.6) is 0 Å². The number of rotatable bonds is 6. The van der Waals surface area contributed by atoms with Crippen molar-refractivity contribution in [2.75, 3.05) is 6.61 Å². The second-order valence-electron chi connectivity index (χ2n) is 7.30. The lowest BCUT2D eigenvalue weighted by Crippen LogP contribution is -2.52. The summed E-state index contributed by atoms with van der Waals surface area (Å²) in [5.41, 5.74) is -0.269. The van der Waals surface area contributed by atoms with Crippen LogP contribution in [0.25, 0.3) is 0 Å². The summed E-state index contributed by atoms with van der Waals surface area (Å²) < 4.78 is 11.5. The molecule has 0 heterocycles. The Labute approximate surface area is 160 Å². The molecule has 2 aromatic rings. The fourth-order valence-electron chi connectivity index (χ4n) is 4.10. The first-order chi connectivity index (χ1) is 13.0. The van der Waals surface area contributed by atoms with Crippen LogP contribution in [0.1, 0.15) is 49.0 Å². The largest absolute Gasteiger partial charge is 0.465 e. The highest BCUT2D eigenvalue weighted by atomic mass is 16.6. The van der Waals surface area contributed by atoms with Gasteiger partial charge in [-0.25, -0.2) is 4.79 Å². The molecule has 2 atom stereocenters. The van der Waals surface area contributed by atoms with E-state index in [2.05, 4.69) is 0 Å². The first-order valence-corrected chi connectivity index (χ1v) is 9.50. The predicted molar refractivity (Wildman–Crippen MR) is 103 cm³/mol. The Kier molecular flexibility index (Phi) is 5.64. The molecule has 142 valence electrons. The highest BCUT2D eigenvalue weighted by molar-refractivity contribution is 5.90. The van der Waals surface area contributed by atoms with Gasteiger partial charge in [0.15, 0.2) is 0 Å². The molecule has 0 bridgehead atoms. The Balaban J connectivity index is 1.95.